The third-order valence-electron chi connectivity index (χ3n) is 4.25. The predicted molar refractivity (Wildman–Crippen MR) is 95.1 cm³/mol. The van der Waals surface area contributed by atoms with E-state index in [0.717, 1.165) is 22.3 Å². The van der Waals surface area contributed by atoms with Gasteiger partial charge in [-0.15, -0.1) is 0 Å². The Morgan fingerprint density at radius 3 is 1.67 bits per heavy atom. The number of fused-ring (bicyclic) bond motifs is 1. The maximum Gasteiger partial charge on any atom is 0.187 e. The minimum absolute atomic E-state index is 0.124. The van der Waals surface area contributed by atoms with E-state index < -0.39 is 0 Å². The lowest BCUT2D eigenvalue weighted by molar-refractivity contribution is 0.0994. The second-order valence-corrected chi connectivity index (χ2v) is 5.70. The zero-order valence-electron chi connectivity index (χ0n) is 12.9. The SMILES string of the molecule is O=C1C=CC(=O)c2c1ccc(-c1ccccc1)c2-c1ccccc1. The highest BCUT2D eigenvalue weighted by Crippen LogP contribution is 2.38. The molecule has 0 aliphatic heterocycles. The first kappa shape index (κ1) is 14.3. The summed E-state index contributed by atoms with van der Waals surface area (Å²) in [7, 11) is 0. The lowest BCUT2D eigenvalue weighted by Crippen LogP contribution is -2.13. The second-order valence-electron chi connectivity index (χ2n) is 5.70. The summed E-state index contributed by atoms with van der Waals surface area (Å²) in [5, 5.41) is 0. The van der Waals surface area contributed by atoms with Crippen LogP contribution in [0.3, 0.4) is 0 Å². The van der Waals surface area contributed by atoms with Crippen molar-refractivity contribution in [3.05, 3.63) is 96.1 Å². The minimum atomic E-state index is -0.124. The average molecular weight is 310 g/mol. The first-order chi connectivity index (χ1) is 11.8. The van der Waals surface area contributed by atoms with Crippen molar-refractivity contribution in [2.45, 2.75) is 0 Å². The van der Waals surface area contributed by atoms with Gasteiger partial charge in [0.1, 0.15) is 0 Å². The van der Waals surface area contributed by atoms with Gasteiger partial charge in [-0.25, -0.2) is 0 Å². The van der Waals surface area contributed by atoms with Gasteiger partial charge in [-0.1, -0.05) is 66.7 Å². The minimum Gasteiger partial charge on any atom is -0.289 e. The molecule has 3 aromatic carbocycles. The Bertz CT molecular complexity index is 968. The van der Waals surface area contributed by atoms with Crippen LogP contribution in [0.15, 0.2) is 84.9 Å². The van der Waals surface area contributed by atoms with Crippen molar-refractivity contribution in [3.63, 3.8) is 0 Å². The molecule has 24 heavy (non-hydrogen) atoms. The molecule has 0 saturated carbocycles. The van der Waals surface area contributed by atoms with Crippen molar-refractivity contribution in [2.75, 3.05) is 0 Å². The number of benzene rings is 3. The molecule has 0 atom stereocenters. The normalized spacial score (nSPS) is 13.0. The monoisotopic (exact) mass is 310 g/mol. The molecule has 0 saturated heterocycles. The van der Waals surface area contributed by atoms with E-state index in [-0.39, 0.29) is 11.6 Å². The molecule has 0 bridgehead atoms. The van der Waals surface area contributed by atoms with Crippen LogP contribution in [-0.2, 0) is 0 Å². The van der Waals surface area contributed by atoms with E-state index in [2.05, 4.69) is 0 Å². The Balaban J connectivity index is 2.09. The summed E-state index contributed by atoms with van der Waals surface area (Å²) < 4.78 is 0. The Morgan fingerprint density at radius 2 is 1.00 bits per heavy atom. The van der Waals surface area contributed by atoms with E-state index in [0.29, 0.717) is 11.1 Å². The quantitative estimate of drug-likeness (QED) is 0.670. The van der Waals surface area contributed by atoms with Crippen molar-refractivity contribution < 1.29 is 9.59 Å². The van der Waals surface area contributed by atoms with Crippen LogP contribution in [0, 0.1) is 0 Å². The zero-order valence-corrected chi connectivity index (χ0v) is 12.9. The van der Waals surface area contributed by atoms with Gasteiger partial charge < -0.3 is 0 Å². The number of carbonyl (C=O) groups is 2. The molecule has 0 amide bonds. The molecule has 0 heterocycles. The molecule has 1 aliphatic rings. The Hall–Kier alpha value is -3.26. The predicted octanol–water partition coefficient (Wildman–Crippen LogP) is 4.96. The van der Waals surface area contributed by atoms with E-state index >= 15 is 0 Å². The molecule has 3 aromatic rings. The van der Waals surface area contributed by atoms with Gasteiger partial charge in [-0.2, -0.15) is 0 Å². The van der Waals surface area contributed by atoms with Crippen LogP contribution in [0.5, 0.6) is 0 Å². The lowest BCUT2D eigenvalue weighted by Gasteiger charge is -2.19. The summed E-state index contributed by atoms with van der Waals surface area (Å²) in [6, 6.07) is 23.4. The van der Waals surface area contributed by atoms with Crippen molar-refractivity contribution in [1.82, 2.24) is 0 Å². The largest absolute Gasteiger partial charge is 0.289 e. The fraction of sp³-hybridized carbons (Fsp3) is 0. The van der Waals surface area contributed by atoms with Crippen LogP contribution < -0.4 is 0 Å². The molecule has 0 N–H and O–H groups in total. The van der Waals surface area contributed by atoms with Gasteiger partial charge >= 0.3 is 0 Å². The fourth-order valence-electron chi connectivity index (χ4n) is 3.15. The molecule has 0 spiro atoms. The highest BCUT2D eigenvalue weighted by Gasteiger charge is 2.25. The standard InChI is InChI=1S/C22H14O2/c23-19-13-14-20(24)22-18(19)12-11-17(15-7-3-1-4-8-15)21(22)16-9-5-2-6-10-16/h1-14H. The summed E-state index contributed by atoms with van der Waals surface area (Å²) in [5.74, 6) is -0.248. The number of hydrogen-bond donors (Lipinski definition) is 0. The van der Waals surface area contributed by atoms with Gasteiger partial charge in [-0.05, 0) is 34.9 Å². The first-order valence-electron chi connectivity index (χ1n) is 7.80. The van der Waals surface area contributed by atoms with Crippen molar-refractivity contribution in [1.29, 1.82) is 0 Å². The fourth-order valence-corrected chi connectivity index (χ4v) is 3.15. The van der Waals surface area contributed by atoms with Crippen LogP contribution in [0.25, 0.3) is 22.3 Å². The molecule has 4 rings (SSSR count). The van der Waals surface area contributed by atoms with E-state index in [4.69, 9.17) is 0 Å². The summed E-state index contributed by atoms with van der Waals surface area (Å²) in [4.78, 5) is 24.8. The number of carbonyl (C=O) groups excluding carboxylic acids is 2. The van der Waals surface area contributed by atoms with Crippen LogP contribution in [-0.4, -0.2) is 11.6 Å². The van der Waals surface area contributed by atoms with Gasteiger partial charge in [0.15, 0.2) is 11.6 Å². The first-order valence-corrected chi connectivity index (χ1v) is 7.80. The third-order valence-corrected chi connectivity index (χ3v) is 4.25. The second kappa shape index (κ2) is 5.74. The van der Waals surface area contributed by atoms with Gasteiger partial charge in [0.25, 0.3) is 0 Å². The molecule has 1 aliphatic carbocycles. The summed E-state index contributed by atoms with van der Waals surface area (Å²) in [5.41, 5.74) is 4.70. The smallest absolute Gasteiger partial charge is 0.187 e. The molecule has 2 nitrogen and oxygen atoms in total. The summed E-state index contributed by atoms with van der Waals surface area (Å²) in [6.07, 6.45) is 2.72. The van der Waals surface area contributed by atoms with Gasteiger partial charge in [0.2, 0.25) is 0 Å². The molecule has 0 aromatic heterocycles. The lowest BCUT2D eigenvalue weighted by atomic mass is 9.83. The summed E-state index contributed by atoms with van der Waals surface area (Å²) in [6.45, 7) is 0. The van der Waals surface area contributed by atoms with E-state index in [1.165, 1.54) is 12.2 Å². The molecular weight excluding hydrogens is 296 g/mol. The average Bonchev–Trinajstić information content (AvgIpc) is 2.65. The highest BCUT2D eigenvalue weighted by molar-refractivity contribution is 6.25. The highest BCUT2D eigenvalue weighted by atomic mass is 16.1. The molecule has 114 valence electrons. The maximum absolute atomic E-state index is 12.6. The van der Waals surface area contributed by atoms with Crippen LogP contribution in [0.4, 0.5) is 0 Å². The maximum atomic E-state index is 12.6. The molecule has 0 radical (unpaired) electrons. The molecular formula is C22H14O2. The van der Waals surface area contributed by atoms with Crippen molar-refractivity contribution >= 4 is 11.6 Å². The number of rotatable bonds is 2. The number of hydrogen-bond acceptors (Lipinski definition) is 2. The van der Waals surface area contributed by atoms with Crippen LogP contribution in [0.1, 0.15) is 20.7 Å². The van der Waals surface area contributed by atoms with Crippen molar-refractivity contribution in [2.24, 2.45) is 0 Å². The van der Waals surface area contributed by atoms with E-state index in [9.17, 15) is 9.59 Å². The zero-order chi connectivity index (χ0) is 16.5. The number of ketones is 2. The molecule has 0 fully saturated rings. The Labute approximate surface area is 140 Å². The molecule has 0 unspecified atom stereocenters. The van der Waals surface area contributed by atoms with Crippen LogP contribution >= 0.6 is 0 Å². The van der Waals surface area contributed by atoms with Crippen molar-refractivity contribution in [3.8, 4) is 22.3 Å². The summed E-state index contributed by atoms with van der Waals surface area (Å²) >= 11 is 0. The van der Waals surface area contributed by atoms with Gasteiger partial charge in [0, 0.05) is 16.7 Å². The molecule has 2 heteroatoms. The van der Waals surface area contributed by atoms with Gasteiger partial charge in [-0.3, -0.25) is 9.59 Å². The van der Waals surface area contributed by atoms with E-state index in [1.807, 2.05) is 66.7 Å². The Morgan fingerprint density at radius 1 is 0.458 bits per heavy atom. The Kier molecular flexibility index (Phi) is 3.43. The van der Waals surface area contributed by atoms with Gasteiger partial charge in [0.05, 0.1) is 0 Å². The number of allylic oxidation sites excluding steroid dienone is 2. The van der Waals surface area contributed by atoms with E-state index in [1.54, 1.807) is 6.07 Å². The topological polar surface area (TPSA) is 34.1 Å². The third kappa shape index (κ3) is 2.29. The van der Waals surface area contributed by atoms with Crippen LogP contribution in [0.2, 0.25) is 0 Å².